The van der Waals surface area contributed by atoms with Gasteiger partial charge < -0.3 is 14.8 Å². The van der Waals surface area contributed by atoms with Crippen LogP contribution in [0.2, 0.25) is 0 Å². The zero-order valence-electron chi connectivity index (χ0n) is 12.3. The summed E-state index contributed by atoms with van der Waals surface area (Å²) in [5.41, 5.74) is 3.82. The number of hydrogen-bond acceptors (Lipinski definition) is 4. The molecule has 0 fully saturated rings. The van der Waals surface area contributed by atoms with Crippen molar-refractivity contribution in [3.8, 4) is 0 Å². The van der Waals surface area contributed by atoms with Gasteiger partial charge >= 0.3 is 5.97 Å². The molecule has 0 heterocycles. The molecule has 0 spiro atoms. The second-order valence-electron chi connectivity index (χ2n) is 4.63. The second kappa shape index (κ2) is 7.45. The van der Waals surface area contributed by atoms with Crippen LogP contribution >= 0.6 is 0 Å². The lowest BCUT2D eigenvalue weighted by molar-refractivity contribution is 0.0600. The largest absolute Gasteiger partial charge is 0.465 e. The normalized spacial score (nSPS) is 10.2. The third-order valence-corrected chi connectivity index (χ3v) is 3.18. The zero-order chi connectivity index (χ0) is 15.1. The van der Waals surface area contributed by atoms with Crippen molar-refractivity contribution in [2.75, 3.05) is 19.5 Å². The van der Waals surface area contributed by atoms with Gasteiger partial charge in [0.15, 0.2) is 0 Å². The van der Waals surface area contributed by atoms with Gasteiger partial charge in [-0.3, -0.25) is 0 Å². The van der Waals surface area contributed by atoms with E-state index in [2.05, 4.69) is 10.1 Å². The molecule has 1 N–H and O–H groups in total. The Kier molecular flexibility index (Phi) is 5.35. The van der Waals surface area contributed by atoms with E-state index in [0.29, 0.717) is 18.7 Å². The van der Waals surface area contributed by atoms with Crippen LogP contribution in [0.1, 0.15) is 21.5 Å². The van der Waals surface area contributed by atoms with Crippen molar-refractivity contribution >= 4 is 11.7 Å². The van der Waals surface area contributed by atoms with Crippen molar-refractivity contribution in [1.82, 2.24) is 0 Å². The van der Waals surface area contributed by atoms with Gasteiger partial charge in [-0.05, 0) is 23.8 Å². The first-order chi connectivity index (χ1) is 10.2. The van der Waals surface area contributed by atoms with Gasteiger partial charge in [0, 0.05) is 24.9 Å². The summed E-state index contributed by atoms with van der Waals surface area (Å²) in [6, 6.07) is 15.4. The maximum Gasteiger partial charge on any atom is 0.337 e. The molecule has 0 aliphatic heterocycles. The highest BCUT2D eigenvalue weighted by Crippen LogP contribution is 2.17. The SMILES string of the molecule is COCc1ccccc1NCc1ccc(C(=O)OC)cc1. The molecular weight excluding hydrogens is 266 g/mol. The van der Waals surface area contributed by atoms with Crippen LogP contribution in [-0.2, 0) is 22.6 Å². The van der Waals surface area contributed by atoms with Crippen LogP contribution in [0, 0.1) is 0 Å². The van der Waals surface area contributed by atoms with E-state index in [0.717, 1.165) is 16.8 Å². The van der Waals surface area contributed by atoms with E-state index in [1.54, 1.807) is 19.2 Å². The smallest absolute Gasteiger partial charge is 0.337 e. The van der Waals surface area contributed by atoms with Gasteiger partial charge in [-0.1, -0.05) is 30.3 Å². The number of rotatable bonds is 6. The Labute approximate surface area is 124 Å². The number of methoxy groups -OCH3 is 2. The Bertz CT molecular complexity index is 593. The molecule has 2 aromatic rings. The van der Waals surface area contributed by atoms with Gasteiger partial charge in [0.05, 0.1) is 19.3 Å². The molecule has 2 aromatic carbocycles. The lowest BCUT2D eigenvalue weighted by Crippen LogP contribution is -2.04. The molecule has 0 saturated heterocycles. The third kappa shape index (κ3) is 4.07. The van der Waals surface area contributed by atoms with Gasteiger partial charge in [0.2, 0.25) is 0 Å². The number of para-hydroxylation sites is 1. The number of esters is 1. The first kappa shape index (κ1) is 15.1. The highest BCUT2D eigenvalue weighted by molar-refractivity contribution is 5.89. The highest BCUT2D eigenvalue weighted by Gasteiger charge is 2.05. The minimum absolute atomic E-state index is 0.319. The minimum Gasteiger partial charge on any atom is -0.465 e. The number of benzene rings is 2. The molecule has 0 atom stereocenters. The van der Waals surface area contributed by atoms with Gasteiger partial charge in [0.25, 0.3) is 0 Å². The Morgan fingerprint density at radius 2 is 1.76 bits per heavy atom. The average molecular weight is 285 g/mol. The Balaban J connectivity index is 2.01. The molecule has 0 unspecified atom stereocenters. The van der Waals surface area contributed by atoms with Crippen LogP contribution in [-0.4, -0.2) is 20.2 Å². The number of carbonyl (C=O) groups excluding carboxylic acids is 1. The minimum atomic E-state index is -0.319. The summed E-state index contributed by atoms with van der Waals surface area (Å²) in [4.78, 5) is 11.4. The highest BCUT2D eigenvalue weighted by atomic mass is 16.5. The van der Waals surface area contributed by atoms with Crippen molar-refractivity contribution in [1.29, 1.82) is 0 Å². The number of ether oxygens (including phenoxy) is 2. The number of nitrogens with one attached hydrogen (secondary N) is 1. The molecule has 0 saturated carbocycles. The fourth-order valence-corrected chi connectivity index (χ4v) is 2.05. The standard InChI is InChI=1S/C17H19NO3/c1-20-12-15-5-3-4-6-16(15)18-11-13-7-9-14(10-8-13)17(19)21-2/h3-10,18H,11-12H2,1-2H3. The van der Waals surface area contributed by atoms with E-state index in [1.807, 2.05) is 36.4 Å². The first-order valence-corrected chi connectivity index (χ1v) is 6.72. The molecule has 0 aliphatic rings. The summed E-state index contributed by atoms with van der Waals surface area (Å²) in [6.07, 6.45) is 0. The van der Waals surface area contributed by atoms with Gasteiger partial charge in [0.1, 0.15) is 0 Å². The van der Waals surface area contributed by atoms with Gasteiger partial charge in [-0.15, -0.1) is 0 Å². The van der Waals surface area contributed by atoms with Crippen LogP contribution in [0.15, 0.2) is 48.5 Å². The van der Waals surface area contributed by atoms with Crippen LogP contribution in [0.3, 0.4) is 0 Å². The molecule has 2 rings (SSSR count). The Hall–Kier alpha value is -2.33. The van der Waals surface area contributed by atoms with Crippen LogP contribution in [0.5, 0.6) is 0 Å². The molecular formula is C17H19NO3. The van der Waals surface area contributed by atoms with Gasteiger partial charge in [-0.25, -0.2) is 4.79 Å². The molecule has 4 nitrogen and oxygen atoms in total. The summed E-state index contributed by atoms with van der Waals surface area (Å²) in [5.74, 6) is -0.319. The van der Waals surface area contributed by atoms with E-state index in [1.165, 1.54) is 7.11 Å². The fourth-order valence-electron chi connectivity index (χ4n) is 2.05. The zero-order valence-corrected chi connectivity index (χ0v) is 12.3. The first-order valence-electron chi connectivity index (χ1n) is 6.72. The van der Waals surface area contributed by atoms with Crippen LogP contribution in [0.25, 0.3) is 0 Å². The lowest BCUT2D eigenvalue weighted by atomic mass is 10.1. The molecule has 0 aromatic heterocycles. The monoisotopic (exact) mass is 285 g/mol. The second-order valence-corrected chi connectivity index (χ2v) is 4.63. The van der Waals surface area contributed by atoms with Crippen molar-refractivity contribution in [2.24, 2.45) is 0 Å². The van der Waals surface area contributed by atoms with Crippen molar-refractivity contribution in [2.45, 2.75) is 13.2 Å². The summed E-state index contributed by atoms with van der Waals surface area (Å²) in [6.45, 7) is 1.26. The third-order valence-electron chi connectivity index (χ3n) is 3.18. The summed E-state index contributed by atoms with van der Waals surface area (Å²) < 4.78 is 9.86. The van der Waals surface area contributed by atoms with Crippen molar-refractivity contribution < 1.29 is 14.3 Å². The maximum atomic E-state index is 11.4. The Morgan fingerprint density at radius 1 is 1.05 bits per heavy atom. The van der Waals surface area contributed by atoms with E-state index < -0.39 is 0 Å². The quantitative estimate of drug-likeness (QED) is 0.828. The van der Waals surface area contributed by atoms with Gasteiger partial charge in [-0.2, -0.15) is 0 Å². The van der Waals surface area contributed by atoms with Crippen LogP contribution in [0.4, 0.5) is 5.69 Å². The number of carbonyl (C=O) groups is 1. The molecule has 0 aliphatic carbocycles. The summed E-state index contributed by atoms with van der Waals surface area (Å²) in [5, 5.41) is 3.38. The van der Waals surface area contributed by atoms with Crippen molar-refractivity contribution in [3.05, 3.63) is 65.2 Å². The molecule has 0 amide bonds. The average Bonchev–Trinajstić information content (AvgIpc) is 2.54. The summed E-state index contributed by atoms with van der Waals surface area (Å²) in [7, 11) is 3.06. The van der Waals surface area contributed by atoms with E-state index in [4.69, 9.17) is 4.74 Å². The topological polar surface area (TPSA) is 47.6 Å². The van der Waals surface area contributed by atoms with E-state index in [-0.39, 0.29) is 5.97 Å². The van der Waals surface area contributed by atoms with Crippen molar-refractivity contribution in [3.63, 3.8) is 0 Å². The summed E-state index contributed by atoms with van der Waals surface area (Å²) >= 11 is 0. The van der Waals surface area contributed by atoms with E-state index in [9.17, 15) is 4.79 Å². The Morgan fingerprint density at radius 3 is 2.43 bits per heavy atom. The molecule has 0 bridgehead atoms. The molecule has 0 radical (unpaired) electrons. The number of anilines is 1. The lowest BCUT2D eigenvalue weighted by Gasteiger charge is -2.11. The fraction of sp³-hybridized carbons (Fsp3) is 0.235. The molecule has 4 heteroatoms. The van der Waals surface area contributed by atoms with E-state index >= 15 is 0 Å². The van der Waals surface area contributed by atoms with Crippen LogP contribution < -0.4 is 5.32 Å². The predicted octanol–water partition coefficient (Wildman–Crippen LogP) is 3.23. The molecule has 21 heavy (non-hydrogen) atoms. The number of hydrogen-bond donors (Lipinski definition) is 1. The molecule has 110 valence electrons. The predicted molar refractivity (Wildman–Crippen MR) is 82.3 cm³/mol. The maximum absolute atomic E-state index is 11.4.